The third-order valence-corrected chi connectivity index (χ3v) is 3.35. The summed E-state index contributed by atoms with van der Waals surface area (Å²) in [5.41, 5.74) is 0.0305. The van der Waals surface area contributed by atoms with Crippen LogP contribution in [-0.4, -0.2) is 48.8 Å². The van der Waals surface area contributed by atoms with Crippen molar-refractivity contribution in [2.75, 3.05) is 13.1 Å². The molecular weight excluding hydrogens is 262 g/mol. The fourth-order valence-corrected chi connectivity index (χ4v) is 2.22. The van der Waals surface area contributed by atoms with Crippen molar-refractivity contribution < 1.29 is 9.59 Å². The predicted molar refractivity (Wildman–Crippen MR) is 68.1 cm³/mol. The van der Waals surface area contributed by atoms with Crippen molar-refractivity contribution in [1.29, 1.82) is 0 Å². The number of carbonyl (C=O) groups excluding carboxylic acids is 2. The van der Waals surface area contributed by atoms with Crippen molar-refractivity contribution in [1.82, 2.24) is 24.1 Å². The second-order valence-electron chi connectivity index (χ2n) is 4.66. The van der Waals surface area contributed by atoms with Crippen LogP contribution in [0.1, 0.15) is 12.8 Å². The Morgan fingerprint density at radius 3 is 2.70 bits per heavy atom. The van der Waals surface area contributed by atoms with E-state index in [1.54, 1.807) is 4.90 Å². The summed E-state index contributed by atoms with van der Waals surface area (Å²) in [6.07, 6.45) is 5.22. The van der Waals surface area contributed by atoms with E-state index in [0.717, 1.165) is 4.68 Å². The highest BCUT2D eigenvalue weighted by Gasteiger charge is 2.22. The number of ketones is 1. The molecule has 0 aromatic carbocycles. The number of likely N-dealkylation sites (tertiary alicyclic amines) is 1. The first-order valence-electron chi connectivity index (χ1n) is 6.34. The van der Waals surface area contributed by atoms with Crippen LogP contribution in [0.5, 0.6) is 0 Å². The normalized spacial score (nSPS) is 15.8. The number of amides is 1. The molecule has 0 aliphatic carbocycles. The molecule has 1 amide bonds. The van der Waals surface area contributed by atoms with Gasteiger partial charge in [-0.25, -0.2) is 13.9 Å². The van der Waals surface area contributed by atoms with Gasteiger partial charge in [-0.2, -0.15) is 0 Å². The maximum absolute atomic E-state index is 12.1. The van der Waals surface area contributed by atoms with Crippen molar-refractivity contribution in [2.24, 2.45) is 0 Å². The van der Waals surface area contributed by atoms with Crippen LogP contribution in [0.15, 0.2) is 23.4 Å². The molecule has 20 heavy (non-hydrogen) atoms. The molecule has 3 heterocycles. The van der Waals surface area contributed by atoms with Gasteiger partial charge in [0, 0.05) is 38.3 Å². The number of carbonyl (C=O) groups is 2. The summed E-state index contributed by atoms with van der Waals surface area (Å²) in [7, 11) is 0. The molecule has 3 rings (SSSR count). The van der Waals surface area contributed by atoms with Crippen molar-refractivity contribution in [2.45, 2.75) is 19.4 Å². The number of rotatable bonds is 2. The van der Waals surface area contributed by atoms with Gasteiger partial charge in [0.25, 0.3) is 0 Å². The first-order valence-corrected chi connectivity index (χ1v) is 6.34. The van der Waals surface area contributed by atoms with E-state index in [-0.39, 0.29) is 23.9 Å². The molecule has 8 heteroatoms. The number of Topliss-reactive ketones (excluding diaryl/α,β-unsaturated/α-hetero) is 1. The highest BCUT2D eigenvalue weighted by Crippen LogP contribution is 2.06. The molecule has 2 aromatic heterocycles. The summed E-state index contributed by atoms with van der Waals surface area (Å²) in [6, 6.07) is 0. The van der Waals surface area contributed by atoms with Crippen LogP contribution in [0.2, 0.25) is 0 Å². The summed E-state index contributed by atoms with van der Waals surface area (Å²) < 4.78 is 2.45. The predicted octanol–water partition coefficient (Wildman–Crippen LogP) is -0.917. The van der Waals surface area contributed by atoms with Crippen molar-refractivity contribution in [3.05, 3.63) is 29.1 Å². The molecule has 0 saturated carbocycles. The van der Waals surface area contributed by atoms with Crippen LogP contribution in [0, 0.1) is 0 Å². The Morgan fingerprint density at radius 2 is 2.00 bits per heavy atom. The summed E-state index contributed by atoms with van der Waals surface area (Å²) in [5, 5.41) is 4.05. The van der Waals surface area contributed by atoms with Gasteiger partial charge in [0.15, 0.2) is 5.65 Å². The maximum Gasteiger partial charge on any atom is 0.350 e. The second-order valence-corrected chi connectivity index (χ2v) is 4.66. The first-order chi connectivity index (χ1) is 9.65. The number of hydrogen-bond acceptors (Lipinski definition) is 5. The molecule has 0 bridgehead atoms. The second kappa shape index (κ2) is 4.87. The first kappa shape index (κ1) is 12.5. The maximum atomic E-state index is 12.1. The van der Waals surface area contributed by atoms with Gasteiger partial charge >= 0.3 is 5.69 Å². The van der Waals surface area contributed by atoms with Crippen LogP contribution in [-0.2, 0) is 16.1 Å². The van der Waals surface area contributed by atoms with Crippen LogP contribution < -0.4 is 5.69 Å². The van der Waals surface area contributed by atoms with Crippen molar-refractivity contribution in [3.8, 4) is 0 Å². The molecule has 0 atom stereocenters. The zero-order valence-corrected chi connectivity index (χ0v) is 10.7. The lowest BCUT2D eigenvalue weighted by Crippen LogP contribution is -2.41. The number of aromatic nitrogens is 4. The van der Waals surface area contributed by atoms with E-state index in [4.69, 9.17) is 0 Å². The average molecular weight is 275 g/mol. The third-order valence-electron chi connectivity index (χ3n) is 3.35. The summed E-state index contributed by atoms with van der Waals surface area (Å²) in [6.45, 7) is 0.720. The molecule has 8 nitrogen and oxygen atoms in total. The minimum absolute atomic E-state index is 0.116. The zero-order valence-electron chi connectivity index (χ0n) is 10.7. The Bertz CT molecular complexity index is 722. The van der Waals surface area contributed by atoms with Gasteiger partial charge in [-0.15, -0.1) is 5.10 Å². The average Bonchev–Trinajstić information content (AvgIpc) is 2.77. The minimum atomic E-state index is -0.371. The van der Waals surface area contributed by atoms with Gasteiger partial charge in [0.05, 0.1) is 6.20 Å². The monoisotopic (exact) mass is 275 g/mol. The lowest BCUT2D eigenvalue weighted by Gasteiger charge is -2.25. The van der Waals surface area contributed by atoms with E-state index in [2.05, 4.69) is 10.1 Å². The van der Waals surface area contributed by atoms with E-state index in [1.807, 2.05) is 0 Å². The lowest BCUT2D eigenvalue weighted by atomic mass is 10.1. The van der Waals surface area contributed by atoms with Crippen molar-refractivity contribution in [3.63, 3.8) is 0 Å². The van der Waals surface area contributed by atoms with Gasteiger partial charge in [-0.3, -0.25) is 14.6 Å². The molecule has 0 radical (unpaired) electrons. The molecule has 2 aromatic rings. The van der Waals surface area contributed by atoms with Gasteiger partial charge in [-0.05, 0) is 0 Å². The molecule has 1 fully saturated rings. The molecule has 0 unspecified atom stereocenters. The fourth-order valence-electron chi connectivity index (χ4n) is 2.22. The van der Waals surface area contributed by atoms with Crippen LogP contribution >= 0.6 is 0 Å². The Labute approximate surface area is 113 Å². The Balaban J connectivity index is 1.79. The molecule has 1 aliphatic rings. The highest BCUT2D eigenvalue weighted by molar-refractivity contribution is 5.83. The number of fused-ring (bicyclic) bond motifs is 1. The van der Waals surface area contributed by atoms with Gasteiger partial charge in [-0.1, -0.05) is 0 Å². The third kappa shape index (κ3) is 2.20. The van der Waals surface area contributed by atoms with E-state index < -0.39 is 0 Å². The summed E-state index contributed by atoms with van der Waals surface area (Å²) in [4.78, 5) is 40.7. The SMILES string of the molecule is O=C1CCN(C(=O)Cn2nc3cnccn3c2=O)CC1. The number of piperidine rings is 1. The Morgan fingerprint density at radius 1 is 1.25 bits per heavy atom. The molecular formula is C12H13N5O3. The fraction of sp³-hybridized carbons (Fsp3) is 0.417. The number of nitrogens with zero attached hydrogens (tertiary/aromatic N) is 5. The lowest BCUT2D eigenvalue weighted by molar-refractivity contribution is -0.135. The topological polar surface area (TPSA) is 89.6 Å². The van der Waals surface area contributed by atoms with Gasteiger partial charge in [0.2, 0.25) is 5.91 Å². The Hall–Kier alpha value is -2.51. The van der Waals surface area contributed by atoms with E-state index >= 15 is 0 Å². The Kier molecular flexibility index (Phi) is 3.05. The highest BCUT2D eigenvalue weighted by atomic mass is 16.2. The molecule has 0 spiro atoms. The van der Waals surface area contributed by atoms with Crippen LogP contribution in [0.25, 0.3) is 5.65 Å². The van der Waals surface area contributed by atoms with Gasteiger partial charge in [0.1, 0.15) is 12.3 Å². The van der Waals surface area contributed by atoms with E-state index in [0.29, 0.717) is 31.6 Å². The zero-order chi connectivity index (χ0) is 14.1. The molecule has 104 valence electrons. The largest absolute Gasteiger partial charge is 0.350 e. The molecule has 1 saturated heterocycles. The molecule has 1 aliphatic heterocycles. The smallest absolute Gasteiger partial charge is 0.340 e. The van der Waals surface area contributed by atoms with Crippen molar-refractivity contribution >= 4 is 17.3 Å². The van der Waals surface area contributed by atoms with Gasteiger partial charge < -0.3 is 4.90 Å². The quantitative estimate of drug-likeness (QED) is 0.707. The minimum Gasteiger partial charge on any atom is -0.340 e. The molecule has 0 N–H and O–H groups in total. The van der Waals surface area contributed by atoms with Crippen LogP contribution in [0.4, 0.5) is 0 Å². The van der Waals surface area contributed by atoms with E-state index in [1.165, 1.54) is 23.0 Å². The van der Waals surface area contributed by atoms with E-state index in [9.17, 15) is 14.4 Å². The van der Waals surface area contributed by atoms with Crippen LogP contribution in [0.3, 0.4) is 0 Å². The summed E-state index contributed by atoms with van der Waals surface area (Å²) >= 11 is 0. The summed E-state index contributed by atoms with van der Waals surface area (Å²) in [5.74, 6) is -0.0269. The standard InChI is InChI=1S/C12H13N5O3/c18-9-1-4-15(5-2-9)11(19)8-17-12(20)16-6-3-13-7-10(16)14-17/h3,6-7H,1-2,4-5,8H2. The number of hydrogen-bond donors (Lipinski definition) is 0.